The van der Waals surface area contributed by atoms with Gasteiger partial charge in [0, 0.05) is 6.54 Å². The molecule has 1 fully saturated rings. The van der Waals surface area contributed by atoms with E-state index in [1.807, 2.05) is 0 Å². The zero-order chi connectivity index (χ0) is 8.32. The molecule has 0 bridgehead atoms. The molecule has 0 aromatic heterocycles. The van der Waals surface area contributed by atoms with Crippen LogP contribution in [0.15, 0.2) is 0 Å². The second-order valence-electron chi connectivity index (χ2n) is 3.29. The SMILES string of the molecule is CCC1(C)COCC(CN)O1. The Hall–Kier alpha value is -0.120. The van der Waals surface area contributed by atoms with Crippen LogP contribution >= 0.6 is 0 Å². The van der Waals surface area contributed by atoms with Crippen LogP contribution in [-0.2, 0) is 9.47 Å². The second kappa shape index (κ2) is 3.52. The Kier molecular flexibility index (Phi) is 2.87. The van der Waals surface area contributed by atoms with Gasteiger partial charge in [0.15, 0.2) is 0 Å². The summed E-state index contributed by atoms with van der Waals surface area (Å²) in [5, 5.41) is 0. The third-order valence-electron chi connectivity index (χ3n) is 2.17. The van der Waals surface area contributed by atoms with Gasteiger partial charge in [-0.15, -0.1) is 0 Å². The number of hydrogen-bond donors (Lipinski definition) is 1. The summed E-state index contributed by atoms with van der Waals surface area (Å²) in [5.41, 5.74) is 5.37. The molecular weight excluding hydrogens is 142 g/mol. The Morgan fingerprint density at radius 2 is 2.36 bits per heavy atom. The Labute approximate surface area is 67.9 Å². The van der Waals surface area contributed by atoms with Gasteiger partial charge in [0.1, 0.15) is 0 Å². The fraction of sp³-hybridized carbons (Fsp3) is 1.00. The monoisotopic (exact) mass is 159 g/mol. The maximum atomic E-state index is 5.72. The van der Waals surface area contributed by atoms with E-state index in [2.05, 4.69) is 13.8 Å². The van der Waals surface area contributed by atoms with Crippen LogP contribution in [0.4, 0.5) is 0 Å². The molecule has 0 saturated carbocycles. The molecule has 0 radical (unpaired) electrons. The van der Waals surface area contributed by atoms with E-state index < -0.39 is 0 Å². The molecule has 2 atom stereocenters. The Morgan fingerprint density at radius 1 is 1.64 bits per heavy atom. The molecule has 1 heterocycles. The van der Waals surface area contributed by atoms with Crippen LogP contribution in [0.25, 0.3) is 0 Å². The Bertz CT molecular complexity index is 129. The molecule has 3 nitrogen and oxygen atoms in total. The first-order valence-electron chi connectivity index (χ1n) is 4.16. The first kappa shape index (κ1) is 8.97. The summed E-state index contributed by atoms with van der Waals surface area (Å²) in [6.45, 7) is 6.05. The standard InChI is InChI=1S/C8H17NO2/c1-3-8(2)6-10-5-7(4-9)11-8/h7H,3-6,9H2,1-2H3. The molecule has 1 rings (SSSR count). The summed E-state index contributed by atoms with van der Waals surface area (Å²) in [6, 6.07) is 0. The van der Waals surface area contributed by atoms with E-state index in [9.17, 15) is 0 Å². The summed E-state index contributed by atoms with van der Waals surface area (Å²) in [7, 11) is 0. The van der Waals surface area contributed by atoms with Gasteiger partial charge in [-0.25, -0.2) is 0 Å². The third kappa shape index (κ3) is 2.15. The van der Waals surface area contributed by atoms with E-state index in [1.54, 1.807) is 0 Å². The van der Waals surface area contributed by atoms with Crippen molar-refractivity contribution in [2.24, 2.45) is 5.73 Å². The van der Waals surface area contributed by atoms with Gasteiger partial charge in [0.05, 0.1) is 24.9 Å². The van der Waals surface area contributed by atoms with Gasteiger partial charge in [-0.05, 0) is 13.3 Å². The lowest BCUT2D eigenvalue weighted by Crippen LogP contribution is -2.47. The molecule has 0 aromatic rings. The van der Waals surface area contributed by atoms with E-state index in [-0.39, 0.29) is 11.7 Å². The van der Waals surface area contributed by atoms with Crippen LogP contribution in [0.5, 0.6) is 0 Å². The van der Waals surface area contributed by atoms with Crippen LogP contribution in [0.1, 0.15) is 20.3 Å². The molecule has 0 spiro atoms. The van der Waals surface area contributed by atoms with E-state index in [0.717, 1.165) is 6.42 Å². The van der Waals surface area contributed by atoms with E-state index in [1.165, 1.54) is 0 Å². The van der Waals surface area contributed by atoms with Crippen molar-refractivity contribution in [3.63, 3.8) is 0 Å². The highest BCUT2D eigenvalue weighted by Crippen LogP contribution is 2.21. The highest BCUT2D eigenvalue weighted by molar-refractivity contribution is 4.79. The van der Waals surface area contributed by atoms with Crippen molar-refractivity contribution in [3.05, 3.63) is 0 Å². The molecule has 2 unspecified atom stereocenters. The normalized spacial score (nSPS) is 39.0. The Morgan fingerprint density at radius 3 is 2.91 bits per heavy atom. The lowest BCUT2D eigenvalue weighted by Gasteiger charge is -2.37. The molecule has 1 saturated heterocycles. The van der Waals surface area contributed by atoms with Crippen molar-refractivity contribution in [2.75, 3.05) is 19.8 Å². The number of ether oxygens (including phenoxy) is 2. The van der Waals surface area contributed by atoms with E-state index in [0.29, 0.717) is 19.8 Å². The molecule has 0 aromatic carbocycles. The zero-order valence-corrected chi connectivity index (χ0v) is 7.30. The molecule has 11 heavy (non-hydrogen) atoms. The molecule has 0 amide bonds. The highest BCUT2D eigenvalue weighted by Gasteiger charge is 2.31. The van der Waals surface area contributed by atoms with Crippen molar-refractivity contribution < 1.29 is 9.47 Å². The average Bonchev–Trinajstić information content (AvgIpc) is 2.05. The van der Waals surface area contributed by atoms with Crippen LogP contribution < -0.4 is 5.73 Å². The van der Waals surface area contributed by atoms with Crippen molar-refractivity contribution in [2.45, 2.75) is 32.0 Å². The van der Waals surface area contributed by atoms with Crippen LogP contribution in [-0.4, -0.2) is 31.5 Å². The van der Waals surface area contributed by atoms with Gasteiger partial charge in [-0.1, -0.05) is 6.92 Å². The van der Waals surface area contributed by atoms with Crippen molar-refractivity contribution in [1.82, 2.24) is 0 Å². The summed E-state index contributed by atoms with van der Waals surface area (Å²) in [6.07, 6.45) is 1.07. The average molecular weight is 159 g/mol. The largest absolute Gasteiger partial charge is 0.376 e. The minimum absolute atomic E-state index is 0.0914. The van der Waals surface area contributed by atoms with E-state index >= 15 is 0 Å². The minimum atomic E-state index is -0.109. The fourth-order valence-electron chi connectivity index (χ4n) is 1.18. The predicted octanol–water partition coefficient (Wildman–Crippen LogP) is 0.529. The van der Waals surface area contributed by atoms with Crippen molar-refractivity contribution in [3.8, 4) is 0 Å². The molecule has 1 aliphatic rings. The number of nitrogens with two attached hydrogens (primary N) is 1. The second-order valence-corrected chi connectivity index (χ2v) is 3.29. The number of hydrogen-bond acceptors (Lipinski definition) is 3. The summed E-state index contributed by atoms with van der Waals surface area (Å²) in [4.78, 5) is 0. The molecule has 3 heteroatoms. The fourth-order valence-corrected chi connectivity index (χ4v) is 1.18. The maximum absolute atomic E-state index is 5.72. The van der Waals surface area contributed by atoms with E-state index in [4.69, 9.17) is 15.2 Å². The lowest BCUT2D eigenvalue weighted by atomic mass is 10.0. The Balaban J connectivity index is 2.44. The van der Waals surface area contributed by atoms with Crippen LogP contribution in [0.3, 0.4) is 0 Å². The molecular formula is C8H17NO2. The number of rotatable bonds is 2. The van der Waals surface area contributed by atoms with Crippen LogP contribution in [0, 0.1) is 0 Å². The van der Waals surface area contributed by atoms with Gasteiger partial charge in [0.25, 0.3) is 0 Å². The lowest BCUT2D eigenvalue weighted by molar-refractivity contribution is -0.187. The molecule has 2 N–H and O–H groups in total. The van der Waals surface area contributed by atoms with Gasteiger partial charge >= 0.3 is 0 Å². The maximum Gasteiger partial charge on any atom is 0.0938 e. The highest BCUT2D eigenvalue weighted by atomic mass is 16.6. The molecule has 66 valence electrons. The third-order valence-corrected chi connectivity index (χ3v) is 2.17. The van der Waals surface area contributed by atoms with Crippen molar-refractivity contribution in [1.29, 1.82) is 0 Å². The first-order chi connectivity index (χ1) is 5.20. The van der Waals surface area contributed by atoms with Gasteiger partial charge in [-0.3, -0.25) is 0 Å². The summed E-state index contributed by atoms with van der Waals surface area (Å²) in [5.74, 6) is 0. The summed E-state index contributed by atoms with van der Waals surface area (Å²) >= 11 is 0. The topological polar surface area (TPSA) is 44.5 Å². The zero-order valence-electron chi connectivity index (χ0n) is 7.30. The smallest absolute Gasteiger partial charge is 0.0938 e. The molecule has 1 aliphatic heterocycles. The molecule has 0 aliphatic carbocycles. The quantitative estimate of drug-likeness (QED) is 0.639. The van der Waals surface area contributed by atoms with Crippen molar-refractivity contribution >= 4 is 0 Å². The van der Waals surface area contributed by atoms with Gasteiger partial charge in [0.2, 0.25) is 0 Å². The summed E-state index contributed by atoms with van der Waals surface area (Å²) < 4.78 is 11.1. The minimum Gasteiger partial charge on any atom is -0.376 e. The van der Waals surface area contributed by atoms with Gasteiger partial charge < -0.3 is 15.2 Å². The predicted molar refractivity (Wildman–Crippen MR) is 43.4 cm³/mol. The van der Waals surface area contributed by atoms with Crippen LogP contribution in [0.2, 0.25) is 0 Å². The first-order valence-corrected chi connectivity index (χ1v) is 4.16. The van der Waals surface area contributed by atoms with Gasteiger partial charge in [-0.2, -0.15) is 0 Å².